The van der Waals surface area contributed by atoms with Crippen molar-refractivity contribution >= 4 is 0 Å². The number of hydrogen-bond donors (Lipinski definition) is 2. The van der Waals surface area contributed by atoms with Crippen molar-refractivity contribution in [1.82, 2.24) is 5.32 Å². The topological polar surface area (TPSA) is 32.3 Å². The molecular weight excluding hydrogens is 174 g/mol. The first kappa shape index (κ1) is 9.17. The monoisotopic (exact) mass is 195 g/mol. The molecule has 2 atom stereocenters. The third-order valence-electron chi connectivity index (χ3n) is 5.08. The lowest BCUT2D eigenvalue weighted by atomic mass is 9.58. The van der Waals surface area contributed by atoms with E-state index in [1.807, 2.05) is 0 Å². The molecule has 2 nitrogen and oxygen atoms in total. The Kier molecular flexibility index (Phi) is 1.94. The second-order valence-electron chi connectivity index (χ2n) is 5.56. The standard InChI is InChI=1S/C12H21NO/c14-12(10-4-1-9-13-10)8-3-7-11(12)5-2-6-11/h10,13-14H,1-9H2. The fraction of sp³-hybridized carbons (Fsp3) is 1.00. The summed E-state index contributed by atoms with van der Waals surface area (Å²) in [5.41, 5.74) is -0.0171. The lowest BCUT2D eigenvalue weighted by molar-refractivity contribution is -0.123. The Balaban J connectivity index is 1.85. The summed E-state index contributed by atoms with van der Waals surface area (Å²) < 4.78 is 0. The van der Waals surface area contributed by atoms with Gasteiger partial charge in [0.15, 0.2) is 0 Å². The lowest BCUT2D eigenvalue weighted by Crippen LogP contribution is -2.58. The molecule has 1 aliphatic heterocycles. The smallest absolute Gasteiger partial charge is 0.0855 e. The van der Waals surface area contributed by atoms with Crippen LogP contribution < -0.4 is 5.32 Å². The van der Waals surface area contributed by atoms with Gasteiger partial charge in [0.05, 0.1) is 5.60 Å². The number of aliphatic hydroxyl groups is 1. The van der Waals surface area contributed by atoms with Gasteiger partial charge in [-0.1, -0.05) is 6.42 Å². The molecule has 1 heterocycles. The van der Waals surface area contributed by atoms with E-state index in [4.69, 9.17) is 0 Å². The van der Waals surface area contributed by atoms with E-state index in [0.717, 1.165) is 13.0 Å². The molecule has 0 aromatic rings. The summed E-state index contributed by atoms with van der Waals surface area (Å²) in [6, 6.07) is 0.408. The van der Waals surface area contributed by atoms with Crippen molar-refractivity contribution in [2.45, 2.75) is 63.0 Å². The molecule has 3 fully saturated rings. The maximum atomic E-state index is 10.9. The number of rotatable bonds is 1. The van der Waals surface area contributed by atoms with Gasteiger partial charge in [0.1, 0.15) is 0 Å². The quantitative estimate of drug-likeness (QED) is 0.669. The molecule has 2 aliphatic carbocycles. The second-order valence-corrected chi connectivity index (χ2v) is 5.56. The molecule has 14 heavy (non-hydrogen) atoms. The molecular formula is C12H21NO. The van der Waals surface area contributed by atoms with Gasteiger partial charge >= 0.3 is 0 Å². The van der Waals surface area contributed by atoms with Crippen LogP contribution in [0.2, 0.25) is 0 Å². The summed E-state index contributed by atoms with van der Waals surface area (Å²) in [6.45, 7) is 1.11. The minimum Gasteiger partial charge on any atom is -0.388 e. The zero-order chi connectivity index (χ0) is 9.65. The summed E-state index contributed by atoms with van der Waals surface area (Å²) in [6.07, 6.45) is 9.92. The van der Waals surface area contributed by atoms with Crippen LogP contribution in [0.15, 0.2) is 0 Å². The average molecular weight is 195 g/mol. The molecule has 0 aromatic carbocycles. The van der Waals surface area contributed by atoms with Crippen LogP contribution in [0.5, 0.6) is 0 Å². The summed E-state index contributed by atoms with van der Waals surface area (Å²) in [5.74, 6) is 0. The Hall–Kier alpha value is -0.0800. The first-order chi connectivity index (χ1) is 6.77. The normalized spacial score (nSPS) is 45.6. The van der Waals surface area contributed by atoms with E-state index in [-0.39, 0.29) is 5.60 Å². The molecule has 3 aliphatic rings. The summed E-state index contributed by atoms with van der Waals surface area (Å²) >= 11 is 0. The van der Waals surface area contributed by atoms with Crippen LogP contribution in [-0.2, 0) is 0 Å². The molecule has 3 rings (SSSR count). The van der Waals surface area contributed by atoms with E-state index >= 15 is 0 Å². The lowest BCUT2D eigenvalue weighted by Gasteiger charge is -2.52. The summed E-state index contributed by atoms with van der Waals surface area (Å²) in [7, 11) is 0. The summed E-state index contributed by atoms with van der Waals surface area (Å²) in [4.78, 5) is 0. The van der Waals surface area contributed by atoms with Gasteiger partial charge in [0, 0.05) is 11.5 Å². The largest absolute Gasteiger partial charge is 0.388 e. The van der Waals surface area contributed by atoms with Crippen molar-refractivity contribution < 1.29 is 5.11 Å². The van der Waals surface area contributed by atoms with E-state index in [0.29, 0.717) is 11.5 Å². The van der Waals surface area contributed by atoms with Crippen molar-refractivity contribution in [3.8, 4) is 0 Å². The SMILES string of the molecule is OC1(C2CCCN2)CCCC12CCC2. The van der Waals surface area contributed by atoms with Gasteiger partial charge in [-0.15, -0.1) is 0 Å². The minimum atomic E-state index is -0.345. The molecule has 2 saturated carbocycles. The fourth-order valence-electron chi connectivity index (χ4n) is 4.10. The van der Waals surface area contributed by atoms with Crippen molar-refractivity contribution in [1.29, 1.82) is 0 Å². The Morgan fingerprint density at radius 3 is 2.29 bits per heavy atom. The van der Waals surface area contributed by atoms with Crippen LogP contribution in [0.4, 0.5) is 0 Å². The Morgan fingerprint density at radius 1 is 1.00 bits per heavy atom. The molecule has 0 radical (unpaired) electrons. The van der Waals surface area contributed by atoms with E-state index in [1.54, 1.807) is 0 Å². The highest BCUT2D eigenvalue weighted by Crippen LogP contribution is 2.60. The number of hydrogen-bond acceptors (Lipinski definition) is 2. The van der Waals surface area contributed by atoms with Crippen LogP contribution in [0, 0.1) is 5.41 Å². The Morgan fingerprint density at radius 2 is 1.71 bits per heavy atom. The van der Waals surface area contributed by atoms with Gasteiger partial charge in [0.2, 0.25) is 0 Å². The van der Waals surface area contributed by atoms with E-state index < -0.39 is 0 Å². The van der Waals surface area contributed by atoms with Gasteiger partial charge in [-0.3, -0.25) is 0 Å². The molecule has 1 saturated heterocycles. The fourth-order valence-corrected chi connectivity index (χ4v) is 4.10. The highest BCUT2D eigenvalue weighted by molar-refractivity contribution is 5.13. The molecule has 2 heteroatoms. The number of nitrogens with one attached hydrogen (secondary N) is 1. The third-order valence-corrected chi connectivity index (χ3v) is 5.08. The zero-order valence-electron chi connectivity index (χ0n) is 8.89. The second kappa shape index (κ2) is 2.96. The molecule has 80 valence electrons. The van der Waals surface area contributed by atoms with Crippen LogP contribution >= 0.6 is 0 Å². The van der Waals surface area contributed by atoms with Gasteiger partial charge in [-0.2, -0.15) is 0 Å². The third kappa shape index (κ3) is 0.989. The molecule has 2 unspecified atom stereocenters. The highest BCUT2D eigenvalue weighted by atomic mass is 16.3. The van der Waals surface area contributed by atoms with Crippen molar-refractivity contribution in [2.24, 2.45) is 5.41 Å². The van der Waals surface area contributed by atoms with Gasteiger partial charge < -0.3 is 10.4 Å². The van der Waals surface area contributed by atoms with Crippen LogP contribution in [0.1, 0.15) is 51.4 Å². The molecule has 1 spiro atoms. The predicted molar refractivity (Wildman–Crippen MR) is 56.1 cm³/mol. The first-order valence-corrected chi connectivity index (χ1v) is 6.23. The van der Waals surface area contributed by atoms with E-state index in [2.05, 4.69) is 5.32 Å². The van der Waals surface area contributed by atoms with Crippen LogP contribution in [0.25, 0.3) is 0 Å². The van der Waals surface area contributed by atoms with Gasteiger partial charge in [-0.05, 0) is 51.5 Å². The zero-order valence-corrected chi connectivity index (χ0v) is 8.89. The molecule has 0 bridgehead atoms. The molecule has 0 amide bonds. The van der Waals surface area contributed by atoms with Crippen LogP contribution in [-0.4, -0.2) is 23.3 Å². The van der Waals surface area contributed by atoms with Gasteiger partial charge in [0.25, 0.3) is 0 Å². The highest BCUT2D eigenvalue weighted by Gasteiger charge is 2.60. The first-order valence-electron chi connectivity index (χ1n) is 6.23. The summed E-state index contributed by atoms with van der Waals surface area (Å²) in [5, 5.41) is 14.4. The Labute approximate surface area is 86.1 Å². The Bertz CT molecular complexity index is 230. The predicted octanol–water partition coefficient (Wildman–Crippen LogP) is 1.82. The average Bonchev–Trinajstić information content (AvgIpc) is 2.67. The minimum absolute atomic E-state index is 0.328. The maximum Gasteiger partial charge on any atom is 0.0855 e. The molecule has 0 aromatic heterocycles. The van der Waals surface area contributed by atoms with Gasteiger partial charge in [-0.25, -0.2) is 0 Å². The van der Waals surface area contributed by atoms with Crippen molar-refractivity contribution in [2.75, 3.05) is 6.54 Å². The van der Waals surface area contributed by atoms with Crippen molar-refractivity contribution in [3.63, 3.8) is 0 Å². The molecule has 2 N–H and O–H groups in total. The van der Waals surface area contributed by atoms with Crippen molar-refractivity contribution in [3.05, 3.63) is 0 Å². The van der Waals surface area contributed by atoms with Crippen LogP contribution in [0.3, 0.4) is 0 Å². The maximum absolute atomic E-state index is 10.9. The van der Waals surface area contributed by atoms with E-state index in [9.17, 15) is 5.11 Å². The van der Waals surface area contributed by atoms with E-state index in [1.165, 1.54) is 44.9 Å².